The van der Waals surface area contributed by atoms with E-state index in [1.165, 1.54) is 0 Å². The van der Waals surface area contributed by atoms with Crippen molar-refractivity contribution in [1.29, 1.82) is 5.26 Å². The van der Waals surface area contributed by atoms with Crippen LogP contribution in [0.25, 0.3) is 11.0 Å². The molecule has 2 aliphatic rings. The molecule has 9 heteroatoms. The van der Waals surface area contributed by atoms with Crippen LogP contribution in [0.4, 0.5) is 0 Å². The summed E-state index contributed by atoms with van der Waals surface area (Å²) in [5, 5.41) is 27.0. The Morgan fingerprint density at radius 1 is 1.16 bits per heavy atom. The Hall–Kier alpha value is -3.48. The molecular formula is C23H23N5O4. The minimum atomic E-state index is -0.641. The Kier molecular flexibility index (Phi) is 5.47. The van der Waals surface area contributed by atoms with Crippen molar-refractivity contribution >= 4 is 16.9 Å². The number of rotatable bonds is 6. The first-order chi connectivity index (χ1) is 15.6. The van der Waals surface area contributed by atoms with Crippen LogP contribution in [0.15, 0.2) is 47.1 Å². The van der Waals surface area contributed by atoms with Crippen molar-refractivity contribution in [2.24, 2.45) is 0 Å². The number of amides is 1. The first-order valence-corrected chi connectivity index (χ1v) is 10.7. The third kappa shape index (κ3) is 4.02. The molecule has 32 heavy (non-hydrogen) atoms. The fourth-order valence-electron chi connectivity index (χ4n) is 4.67. The van der Waals surface area contributed by atoms with Gasteiger partial charge in [-0.15, -0.1) is 0 Å². The zero-order chi connectivity index (χ0) is 22.1. The van der Waals surface area contributed by atoms with Gasteiger partial charge in [0.25, 0.3) is 5.91 Å². The fraction of sp³-hybridized carbons (Fsp3) is 0.391. The van der Waals surface area contributed by atoms with Gasteiger partial charge in [0, 0.05) is 37.3 Å². The summed E-state index contributed by atoms with van der Waals surface area (Å²) in [6, 6.07) is 14.6. The van der Waals surface area contributed by atoms with Gasteiger partial charge in [-0.2, -0.15) is 5.26 Å². The average Bonchev–Trinajstić information content (AvgIpc) is 3.37. The highest BCUT2D eigenvalue weighted by Gasteiger charge is 2.42. The van der Waals surface area contributed by atoms with Crippen LogP contribution in [-0.2, 0) is 0 Å². The van der Waals surface area contributed by atoms with Gasteiger partial charge in [-0.05, 0) is 65.6 Å². The van der Waals surface area contributed by atoms with E-state index in [-0.39, 0.29) is 24.6 Å². The number of carbonyl (C=O) groups excluding carboxylic acids is 1. The number of carbonyl (C=O) groups is 1. The highest BCUT2D eigenvalue weighted by Crippen LogP contribution is 2.31. The molecule has 3 atom stereocenters. The lowest BCUT2D eigenvalue weighted by atomic mass is 10.1. The maximum atomic E-state index is 13.1. The van der Waals surface area contributed by atoms with E-state index < -0.39 is 6.10 Å². The zero-order valence-electron chi connectivity index (χ0n) is 17.4. The summed E-state index contributed by atoms with van der Waals surface area (Å²) < 4.78 is 10.4. The highest BCUT2D eigenvalue weighted by atomic mass is 16.6. The minimum Gasteiger partial charge on any atom is -0.491 e. The number of aliphatic hydroxyl groups is 1. The molecule has 3 unspecified atom stereocenters. The van der Waals surface area contributed by atoms with Gasteiger partial charge in [0.2, 0.25) is 0 Å². The van der Waals surface area contributed by atoms with Crippen molar-refractivity contribution in [2.45, 2.75) is 31.0 Å². The quantitative estimate of drug-likeness (QED) is 0.626. The Morgan fingerprint density at radius 2 is 1.88 bits per heavy atom. The van der Waals surface area contributed by atoms with Crippen LogP contribution >= 0.6 is 0 Å². The van der Waals surface area contributed by atoms with Gasteiger partial charge >= 0.3 is 0 Å². The average molecular weight is 433 g/mol. The van der Waals surface area contributed by atoms with Crippen LogP contribution < -0.4 is 4.74 Å². The van der Waals surface area contributed by atoms with Crippen molar-refractivity contribution < 1.29 is 19.3 Å². The molecule has 0 radical (unpaired) electrons. The van der Waals surface area contributed by atoms with Crippen molar-refractivity contribution in [3.63, 3.8) is 0 Å². The molecular weight excluding hydrogens is 410 g/mol. The lowest BCUT2D eigenvalue weighted by Gasteiger charge is -2.41. The second-order valence-corrected chi connectivity index (χ2v) is 8.36. The van der Waals surface area contributed by atoms with E-state index in [2.05, 4.69) is 21.3 Å². The van der Waals surface area contributed by atoms with Crippen LogP contribution in [0, 0.1) is 11.3 Å². The third-order valence-electron chi connectivity index (χ3n) is 6.27. The Morgan fingerprint density at radius 3 is 2.59 bits per heavy atom. The van der Waals surface area contributed by atoms with Crippen molar-refractivity contribution in [3.8, 4) is 11.8 Å². The topological polar surface area (TPSA) is 116 Å². The van der Waals surface area contributed by atoms with Crippen LogP contribution in [-0.4, -0.2) is 75.6 Å². The molecule has 3 aromatic rings. The van der Waals surface area contributed by atoms with Crippen molar-refractivity contribution in [1.82, 2.24) is 20.1 Å². The molecule has 9 nitrogen and oxygen atoms in total. The SMILES string of the molecule is N#Cc1ccc(OCC(O)CN2C3CCC2CN(C(=O)c2ccc4nonc4c2)C3)cc1. The normalized spacial score (nSPS) is 21.4. The molecule has 0 spiro atoms. The molecule has 5 rings (SSSR count). The largest absolute Gasteiger partial charge is 0.491 e. The molecule has 164 valence electrons. The van der Waals surface area contributed by atoms with E-state index in [0.717, 1.165) is 12.8 Å². The predicted octanol–water partition coefficient (Wildman–Crippen LogP) is 1.82. The first-order valence-electron chi connectivity index (χ1n) is 10.7. The van der Waals surface area contributed by atoms with Crippen LogP contribution in [0.1, 0.15) is 28.8 Å². The number of nitriles is 1. The number of aromatic nitrogens is 2. The number of fused-ring (bicyclic) bond motifs is 3. The second kappa shape index (κ2) is 8.57. The summed E-state index contributed by atoms with van der Waals surface area (Å²) in [6.07, 6.45) is 1.37. The Bertz CT molecular complexity index is 1140. The molecule has 2 aromatic carbocycles. The summed E-state index contributed by atoms with van der Waals surface area (Å²) in [6.45, 7) is 1.95. The van der Waals surface area contributed by atoms with Crippen LogP contribution in [0.3, 0.4) is 0 Å². The first kappa shape index (κ1) is 20.4. The summed E-state index contributed by atoms with van der Waals surface area (Å²) in [5.41, 5.74) is 2.35. The van der Waals surface area contributed by atoms with Gasteiger partial charge < -0.3 is 14.7 Å². The number of likely N-dealkylation sites (tertiary alicyclic amines) is 1. The van der Waals surface area contributed by atoms with Crippen molar-refractivity contribution in [3.05, 3.63) is 53.6 Å². The highest BCUT2D eigenvalue weighted by molar-refractivity contribution is 5.97. The number of nitrogens with zero attached hydrogens (tertiary/aromatic N) is 5. The van der Waals surface area contributed by atoms with Crippen LogP contribution in [0.2, 0.25) is 0 Å². The standard InChI is InChI=1S/C23H23N5O4/c24-10-15-1-6-20(7-2-15)31-14-19(29)13-28-17-4-5-18(28)12-27(11-17)23(30)16-3-8-21-22(9-16)26-32-25-21/h1-3,6-9,17-19,29H,4-5,11-14H2. The molecule has 1 aromatic heterocycles. The van der Waals surface area contributed by atoms with E-state index in [4.69, 9.17) is 14.6 Å². The van der Waals surface area contributed by atoms with E-state index in [1.807, 2.05) is 4.90 Å². The van der Waals surface area contributed by atoms with Gasteiger partial charge in [-0.3, -0.25) is 9.69 Å². The molecule has 0 saturated carbocycles. The Labute approximate surface area is 184 Å². The van der Waals surface area contributed by atoms with Gasteiger partial charge in [-0.1, -0.05) is 0 Å². The summed E-state index contributed by atoms with van der Waals surface area (Å²) in [4.78, 5) is 17.3. The van der Waals surface area contributed by atoms with Gasteiger partial charge in [0.05, 0.1) is 11.6 Å². The lowest BCUT2D eigenvalue weighted by Crippen LogP contribution is -2.57. The number of benzene rings is 2. The van der Waals surface area contributed by atoms with E-state index in [9.17, 15) is 9.90 Å². The van der Waals surface area contributed by atoms with Gasteiger partial charge in [0.15, 0.2) is 0 Å². The minimum absolute atomic E-state index is 0.0175. The maximum absolute atomic E-state index is 13.1. The van der Waals surface area contributed by atoms with E-state index in [1.54, 1.807) is 42.5 Å². The third-order valence-corrected chi connectivity index (χ3v) is 6.27. The van der Waals surface area contributed by atoms with Crippen molar-refractivity contribution in [2.75, 3.05) is 26.2 Å². The molecule has 2 bridgehead atoms. The lowest BCUT2D eigenvalue weighted by molar-refractivity contribution is 0.0118. The number of hydrogen-bond donors (Lipinski definition) is 1. The monoisotopic (exact) mass is 433 g/mol. The zero-order valence-corrected chi connectivity index (χ0v) is 17.4. The number of hydrogen-bond acceptors (Lipinski definition) is 8. The Balaban J connectivity index is 1.17. The summed E-state index contributed by atoms with van der Waals surface area (Å²) in [5.74, 6) is 0.608. The molecule has 1 N–H and O–H groups in total. The van der Waals surface area contributed by atoms with Crippen LogP contribution in [0.5, 0.6) is 5.75 Å². The maximum Gasteiger partial charge on any atom is 0.254 e. The fourth-order valence-corrected chi connectivity index (χ4v) is 4.67. The predicted molar refractivity (Wildman–Crippen MR) is 114 cm³/mol. The van der Waals surface area contributed by atoms with Gasteiger partial charge in [0.1, 0.15) is 29.5 Å². The number of ether oxygens (including phenoxy) is 1. The molecule has 3 heterocycles. The van der Waals surface area contributed by atoms with E-state index in [0.29, 0.717) is 47.5 Å². The van der Waals surface area contributed by atoms with Gasteiger partial charge in [-0.25, -0.2) is 4.63 Å². The summed E-state index contributed by atoms with van der Waals surface area (Å²) >= 11 is 0. The molecule has 1 amide bonds. The smallest absolute Gasteiger partial charge is 0.254 e. The molecule has 2 saturated heterocycles. The number of piperazine rings is 1. The molecule has 0 aliphatic carbocycles. The molecule has 2 fully saturated rings. The second-order valence-electron chi connectivity index (χ2n) is 8.36. The van der Waals surface area contributed by atoms with E-state index >= 15 is 0 Å². The molecule has 2 aliphatic heterocycles. The summed E-state index contributed by atoms with van der Waals surface area (Å²) in [7, 11) is 0. The number of aliphatic hydroxyl groups excluding tert-OH is 1.